The average molecular weight is 317 g/mol. The molecule has 2 aromatic heterocycles. The van der Waals surface area contributed by atoms with E-state index in [0.29, 0.717) is 9.90 Å². The molecule has 3 aromatic rings. The summed E-state index contributed by atoms with van der Waals surface area (Å²) in [6, 6.07) is 11.4. The molecule has 5 heteroatoms. The number of nitrogens with one attached hydrogen (secondary N) is 1. The quantitative estimate of drug-likeness (QED) is 0.776. The van der Waals surface area contributed by atoms with Crippen LogP contribution in [0.1, 0.15) is 28.2 Å². The highest BCUT2D eigenvalue weighted by molar-refractivity contribution is 7.21. The summed E-state index contributed by atoms with van der Waals surface area (Å²) in [7, 11) is 0. The minimum Gasteiger partial charge on any atom is -0.345 e. The molecule has 0 aliphatic heterocycles. The molecule has 0 spiro atoms. The largest absolute Gasteiger partial charge is 0.345 e. The van der Waals surface area contributed by atoms with Crippen molar-refractivity contribution in [2.45, 2.75) is 13.0 Å². The summed E-state index contributed by atoms with van der Waals surface area (Å²) >= 11 is 7.73. The monoisotopic (exact) mass is 316 g/mol. The van der Waals surface area contributed by atoms with Crippen molar-refractivity contribution in [2.75, 3.05) is 0 Å². The third-order valence-electron chi connectivity index (χ3n) is 3.29. The van der Waals surface area contributed by atoms with Crippen LogP contribution in [-0.4, -0.2) is 10.9 Å². The Bertz CT molecular complexity index is 785. The lowest BCUT2D eigenvalue weighted by Crippen LogP contribution is -2.26. The molecular weight excluding hydrogens is 304 g/mol. The van der Waals surface area contributed by atoms with Gasteiger partial charge in [0.25, 0.3) is 5.91 Å². The molecular formula is C16H13ClN2OS. The first-order chi connectivity index (χ1) is 10.2. The van der Waals surface area contributed by atoms with Crippen molar-refractivity contribution in [3.63, 3.8) is 0 Å². The SMILES string of the molecule is C[C@H](NC(=O)c1sc2ccccc2c1Cl)c1ccncc1. The van der Waals surface area contributed by atoms with E-state index in [1.807, 2.05) is 43.3 Å². The van der Waals surface area contributed by atoms with Crippen molar-refractivity contribution < 1.29 is 4.79 Å². The number of nitrogens with zero attached hydrogens (tertiary/aromatic N) is 1. The number of hydrogen-bond donors (Lipinski definition) is 1. The summed E-state index contributed by atoms with van der Waals surface area (Å²) in [5, 5.41) is 4.42. The summed E-state index contributed by atoms with van der Waals surface area (Å²) in [5.41, 5.74) is 1.01. The second-order valence-corrected chi connectivity index (χ2v) is 6.15. The molecule has 1 amide bonds. The highest BCUT2D eigenvalue weighted by Crippen LogP contribution is 2.35. The number of carbonyl (C=O) groups excluding carboxylic acids is 1. The minimum absolute atomic E-state index is 0.0956. The van der Waals surface area contributed by atoms with E-state index in [0.717, 1.165) is 15.6 Å². The zero-order chi connectivity index (χ0) is 14.8. The fourth-order valence-electron chi connectivity index (χ4n) is 2.16. The maximum Gasteiger partial charge on any atom is 0.263 e. The molecule has 3 nitrogen and oxygen atoms in total. The Kier molecular flexibility index (Phi) is 3.90. The van der Waals surface area contributed by atoms with Gasteiger partial charge >= 0.3 is 0 Å². The lowest BCUT2D eigenvalue weighted by Gasteiger charge is -2.13. The number of amides is 1. The molecule has 1 N–H and O–H groups in total. The van der Waals surface area contributed by atoms with Crippen molar-refractivity contribution in [1.82, 2.24) is 10.3 Å². The van der Waals surface area contributed by atoms with Gasteiger partial charge < -0.3 is 5.32 Å². The van der Waals surface area contributed by atoms with Crippen LogP contribution in [0.3, 0.4) is 0 Å². The van der Waals surface area contributed by atoms with Crippen LogP contribution >= 0.6 is 22.9 Å². The Hall–Kier alpha value is -1.91. The summed E-state index contributed by atoms with van der Waals surface area (Å²) in [5.74, 6) is -0.148. The second kappa shape index (κ2) is 5.84. The van der Waals surface area contributed by atoms with Crippen molar-refractivity contribution in [3.05, 3.63) is 64.3 Å². The van der Waals surface area contributed by atoms with E-state index in [-0.39, 0.29) is 11.9 Å². The van der Waals surface area contributed by atoms with Gasteiger partial charge in [0.1, 0.15) is 4.88 Å². The molecule has 106 valence electrons. The molecule has 0 saturated carbocycles. The first-order valence-corrected chi connectivity index (χ1v) is 7.74. The van der Waals surface area contributed by atoms with Crippen LogP contribution in [0.5, 0.6) is 0 Å². The zero-order valence-corrected chi connectivity index (χ0v) is 12.9. The number of thiophene rings is 1. The van der Waals surface area contributed by atoms with Gasteiger partial charge in [-0.2, -0.15) is 0 Å². The van der Waals surface area contributed by atoms with Crippen molar-refractivity contribution in [2.24, 2.45) is 0 Å². The molecule has 0 radical (unpaired) electrons. The fraction of sp³-hybridized carbons (Fsp3) is 0.125. The third kappa shape index (κ3) is 2.77. The maximum atomic E-state index is 12.4. The zero-order valence-electron chi connectivity index (χ0n) is 11.3. The van der Waals surface area contributed by atoms with Gasteiger partial charge in [-0.1, -0.05) is 29.8 Å². The van der Waals surface area contributed by atoms with Crippen LogP contribution in [0.15, 0.2) is 48.8 Å². The minimum atomic E-state index is -0.148. The molecule has 0 bridgehead atoms. The van der Waals surface area contributed by atoms with E-state index in [9.17, 15) is 4.79 Å². The molecule has 2 heterocycles. The predicted octanol–water partition coefficient (Wildman–Crippen LogP) is 4.44. The van der Waals surface area contributed by atoms with Gasteiger partial charge in [0.2, 0.25) is 0 Å². The van der Waals surface area contributed by atoms with Crippen molar-refractivity contribution >= 4 is 38.9 Å². The number of pyridine rings is 1. The third-order valence-corrected chi connectivity index (χ3v) is 4.97. The Morgan fingerprint density at radius 3 is 2.67 bits per heavy atom. The van der Waals surface area contributed by atoms with Gasteiger partial charge in [-0.25, -0.2) is 0 Å². The van der Waals surface area contributed by atoms with Crippen LogP contribution in [0.4, 0.5) is 0 Å². The first kappa shape index (κ1) is 14.0. The van der Waals surface area contributed by atoms with Crippen LogP contribution in [0.2, 0.25) is 5.02 Å². The van der Waals surface area contributed by atoms with E-state index >= 15 is 0 Å². The number of fused-ring (bicyclic) bond motifs is 1. The first-order valence-electron chi connectivity index (χ1n) is 6.54. The number of aromatic nitrogens is 1. The number of rotatable bonds is 3. The van der Waals surface area contributed by atoms with Crippen LogP contribution in [0, 0.1) is 0 Å². The Morgan fingerprint density at radius 2 is 1.95 bits per heavy atom. The van der Waals surface area contributed by atoms with Gasteiger partial charge in [0.05, 0.1) is 11.1 Å². The maximum absolute atomic E-state index is 12.4. The molecule has 0 unspecified atom stereocenters. The molecule has 0 aliphatic carbocycles. The van der Waals surface area contributed by atoms with Crippen LogP contribution < -0.4 is 5.32 Å². The number of halogens is 1. The smallest absolute Gasteiger partial charge is 0.263 e. The molecule has 3 rings (SSSR count). The van der Waals surface area contributed by atoms with Crippen LogP contribution in [-0.2, 0) is 0 Å². The van der Waals surface area contributed by atoms with E-state index in [2.05, 4.69) is 10.3 Å². The molecule has 0 aliphatic rings. The summed E-state index contributed by atoms with van der Waals surface area (Å²) in [6.07, 6.45) is 3.43. The van der Waals surface area contributed by atoms with E-state index in [1.165, 1.54) is 11.3 Å². The van der Waals surface area contributed by atoms with E-state index in [1.54, 1.807) is 12.4 Å². The lowest BCUT2D eigenvalue weighted by atomic mass is 10.1. The average Bonchev–Trinajstić information content (AvgIpc) is 2.86. The van der Waals surface area contributed by atoms with E-state index in [4.69, 9.17) is 11.6 Å². The topological polar surface area (TPSA) is 42.0 Å². The summed E-state index contributed by atoms with van der Waals surface area (Å²) in [4.78, 5) is 16.9. The second-order valence-electron chi connectivity index (χ2n) is 4.72. The molecule has 1 aromatic carbocycles. The standard InChI is InChI=1S/C16H13ClN2OS/c1-10(11-6-8-18-9-7-11)19-16(20)15-14(17)12-4-2-3-5-13(12)21-15/h2-10H,1H3,(H,19,20)/t10-/m0/s1. The predicted molar refractivity (Wildman–Crippen MR) is 87.0 cm³/mol. The highest BCUT2D eigenvalue weighted by atomic mass is 35.5. The van der Waals surface area contributed by atoms with Gasteiger partial charge in [0.15, 0.2) is 0 Å². The van der Waals surface area contributed by atoms with Gasteiger partial charge in [-0.05, 0) is 30.7 Å². The van der Waals surface area contributed by atoms with Crippen LogP contribution in [0.25, 0.3) is 10.1 Å². The van der Waals surface area contributed by atoms with Gasteiger partial charge in [-0.3, -0.25) is 9.78 Å². The molecule has 0 saturated heterocycles. The number of hydrogen-bond acceptors (Lipinski definition) is 3. The molecule has 1 atom stereocenters. The Labute approximate surface area is 131 Å². The molecule has 0 fully saturated rings. The summed E-state index contributed by atoms with van der Waals surface area (Å²) in [6.45, 7) is 1.94. The van der Waals surface area contributed by atoms with Gasteiger partial charge in [0, 0.05) is 22.5 Å². The highest BCUT2D eigenvalue weighted by Gasteiger charge is 2.18. The Morgan fingerprint density at radius 1 is 1.24 bits per heavy atom. The van der Waals surface area contributed by atoms with E-state index < -0.39 is 0 Å². The number of benzene rings is 1. The van der Waals surface area contributed by atoms with Gasteiger partial charge in [-0.15, -0.1) is 11.3 Å². The fourth-order valence-corrected chi connectivity index (χ4v) is 3.58. The molecule has 21 heavy (non-hydrogen) atoms. The Balaban J connectivity index is 1.86. The van der Waals surface area contributed by atoms with Crippen molar-refractivity contribution in [1.29, 1.82) is 0 Å². The van der Waals surface area contributed by atoms with Crippen molar-refractivity contribution in [3.8, 4) is 0 Å². The summed E-state index contributed by atoms with van der Waals surface area (Å²) < 4.78 is 1.02. The normalized spacial score (nSPS) is 12.3. The number of carbonyl (C=O) groups is 1. The lowest BCUT2D eigenvalue weighted by molar-refractivity contribution is 0.0944.